The summed E-state index contributed by atoms with van der Waals surface area (Å²) in [6, 6.07) is 3.06. The van der Waals surface area contributed by atoms with E-state index in [1.807, 2.05) is 0 Å². The van der Waals surface area contributed by atoms with E-state index in [-0.39, 0.29) is 12.5 Å². The third kappa shape index (κ3) is 2.07. The highest BCUT2D eigenvalue weighted by molar-refractivity contribution is 5.54. The first kappa shape index (κ1) is 9.92. The Kier molecular flexibility index (Phi) is 2.82. The lowest BCUT2D eigenvalue weighted by Gasteiger charge is -2.19. The number of aromatic hydroxyl groups is 1. The van der Waals surface area contributed by atoms with Gasteiger partial charge in [-0.3, -0.25) is 0 Å². The van der Waals surface area contributed by atoms with Gasteiger partial charge in [0, 0.05) is 19.2 Å². The largest absolute Gasteiger partial charge is 0.504 e. The van der Waals surface area contributed by atoms with Crippen molar-refractivity contribution in [2.75, 3.05) is 27.1 Å². The molecule has 0 radical (unpaired) electrons. The van der Waals surface area contributed by atoms with Crippen LogP contribution in [0.15, 0.2) is 12.1 Å². The number of ether oxygens (including phenoxy) is 4. The molecule has 0 saturated carbocycles. The summed E-state index contributed by atoms with van der Waals surface area (Å²) in [7, 11) is 1.51. The summed E-state index contributed by atoms with van der Waals surface area (Å²) in [5.41, 5.74) is 0. The maximum atomic E-state index is 9.58. The van der Waals surface area contributed by atoms with Crippen molar-refractivity contribution in [2.45, 2.75) is 0 Å². The molecule has 1 aliphatic heterocycles. The van der Waals surface area contributed by atoms with E-state index in [4.69, 9.17) is 18.9 Å². The van der Waals surface area contributed by atoms with Crippen LogP contribution in [0.4, 0.5) is 0 Å². The summed E-state index contributed by atoms with van der Waals surface area (Å²) >= 11 is 0. The zero-order valence-electron chi connectivity index (χ0n) is 8.36. The predicted molar refractivity (Wildman–Crippen MR) is 51.6 cm³/mol. The number of hydrogen-bond acceptors (Lipinski definition) is 5. The summed E-state index contributed by atoms with van der Waals surface area (Å²) in [6.07, 6.45) is 0. The second kappa shape index (κ2) is 4.27. The van der Waals surface area contributed by atoms with Crippen LogP contribution in [0.2, 0.25) is 0 Å². The quantitative estimate of drug-likeness (QED) is 0.761. The van der Waals surface area contributed by atoms with Gasteiger partial charge in [-0.05, 0) is 0 Å². The average Bonchev–Trinajstić information content (AvgIpc) is 2.26. The second-order valence-corrected chi connectivity index (χ2v) is 3.01. The van der Waals surface area contributed by atoms with Crippen molar-refractivity contribution in [1.82, 2.24) is 0 Å². The lowest BCUT2D eigenvalue weighted by molar-refractivity contribution is 0.0486. The normalized spacial score (nSPS) is 13.7. The van der Waals surface area contributed by atoms with Gasteiger partial charge in [0.05, 0.1) is 0 Å². The highest BCUT2D eigenvalue weighted by atomic mass is 16.7. The molecular weight excluding hydrogens is 200 g/mol. The van der Waals surface area contributed by atoms with E-state index < -0.39 is 0 Å². The van der Waals surface area contributed by atoms with E-state index in [2.05, 4.69) is 0 Å². The SMILES string of the molecule is COCOc1cc2c(cc1O)OCCO2. The topological polar surface area (TPSA) is 57.2 Å². The second-order valence-electron chi connectivity index (χ2n) is 3.01. The van der Waals surface area contributed by atoms with E-state index in [0.717, 1.165) is 0 Å². The van der Waals surface area contributed by atoms with Crippen molar-refractivity contribution < 1.29 is 24.1 Å². The van der Waals surface area contributed by atoms with E-state index >= 15 is 0 Å². The minimum Gasteiger partial charge on any atom is -0.504 e. The lowest BCUT2D eigenvalue weighted by atomic mass is 10.2. The molecule has 0 unspecified atom stereocenters. The molecule has 0 fully saturated rings. The molecule has 2 rings (SSSR count). The maximum Gasteiger partial charge on any atom is 0.188 e. The standard InChI is InChI=1S/C10H12O5/c1-12-6-15-8-5-10-9(4-7(8)11)13-2-3-14-10/h4-5,11H,2-3,6H2,1H3. The Balaban J connectivity index is 2.24. The molecule has 0 aliphatic carbocycles. The van der Waals surface area contributed by atoms with Gasteiger partial charge in [0.1, 0.15) is 13.2 Å². The van der Waals surface area contributed by atoms with Crippen molar-refractivity contribution >= 4 is 0 Å². The average molecular weight is 212 g/mol. The van der Waals surface area contributed by atoms with Crippen LogP contribution in [0.1, 0.15) is 0 Å². The van der Waals surface area contributed by atoms with Gasteiger partial charge in [-0.25, -0.2) is 0 Å². The summed E-state index contributed by atoms with van der Waals surface area (Å²) < 4.78 is 20.5. The van der Waals surface area contributed by atoms with E-state index in [0.29, 0.717) is 30.5 Å². The molecular formula is C10H12O5. The van der Waals surface area contributed by atoms with Gasteiger partial charge in [-0.1, -0.05) is 0 Å². The van der Waals surface area contributed by atoms with Gasteiger partial charge in [-0.2, -0.15) is 0 Å². The van der Waals surface area contributed by atoms with Crippen LogP contribution in [-0.2, 0) is 4.74 Å². The van der Waals surface area contributed by atoms with Gasteiger partial charge in [-0.15, -0.1) is 0 Å². The van der Waals surface area contributed by atoms with Gasteiger partial charge in [0.2, 0.25) is 0 Å². The van der Waals surface area contributed by atoms with Crippen molar-refractivity contribution in [1.29, 1.82) is 0 Å². The Bertz CT molecular complexity index is 350. The van der Waals surface area contributed by atoms with Gasteiger partial charge in [0.15, 0.2) is 29.8 Å². The van der Waals surface area contributed by atoms with Crippen molar-refractivity contribution in [3.8, 4) is 23.0 Å². The highest BCUT2D eigenvalue weighted by Gasteiger charge is 2.16. The first-order chi connectivity index (χ1) is 7.31. The fourth-order valence-electron chi connectivity index (χ4n) is 1.30. The molecule has 5 heteroatoms. The minimum absolute atomic E-state index is 0.0105. The smallest absolute Gasteiger partial charge is 0.188 e. The zero-order chi connectivity index (χ0) is 10.7. The number of fused-ring (bicyclic) bond motifs is 1. The summed E-state index contributed by atoms with van der Waals surface area (Å²) in [4.78, 5) is 0. The number of rotatable bonds is 3. The Morgan fingerprint density at radius 2 is 1.93 bits per heavy atom. The molecule has 0 bridgehead atoms. The first-order valence-electron chi connectivity index (χ1n) is 4.55. The molecule has 1 aromatic rings. The highest BCUT2D eigenvalue weighted by Crippen LogP contribution is 2.40. The summed E-state index contributed by atoms with van der Waals surface area (Å²) in [5.74, 6) is 1.44. The predicted octanol–water partition coefficient (Wildman–Crippen LogP) is 1.15. The Labute approximate surface area is 87.1 Å². The van der Waals surface area contributed by atoms with Crippen molar-refractivity contribution in [3.63, 3.8) is 0 Å². The molecule has 1 aliphatic rings. The molecule has 0 amide bonds. The molecule has 0 aromatic heterocycles. The Morgan fingerprint density at radius 1 is 1.27 bits per heavy atom. The fraction of sp³-hybridized carbons (Fsp3) is 0.400. The van der Waals surface area contributed by atoms with Crippen LogP contribution in [0.3, 0.4) is 0 Å². The fourth-order valence-corrected chi connectivity index (χ4v) is 1.30. The third-order valence-corrected chi connectivity index (χ3v) is 1.96. The molecule has 0 spiro atoms. The van der Waals surface area contributed by atoms with Gasteiger partial charge < -0.3 is 24.1 Å². The Morgan fingerprint density at radius 3 is 2.60 bits per heavy atom. The molecule has 0 saturated heterocycles. The molecule has 1 heterocycles. The lowest BCUT2D eigenvalue weighted by Crippen LogP contribution is -2.15. The van der Waals surface area contributed by atoms with Crippen LogP contribution in [0.25, 0.3) is 0 Å². The maximum absolute atomic E-state index is 9.58. The van der Waals surface area contributed by atoms with Crippen molar-refractivity contribution in [2.24, 2.45) is 0 Å². The first-order valence-corrected chi connectivity index (χ1v) is 4.55. The molecule has 82 valence electrons. The van der Waals surface area contributed by atoms with Gasteiger partial charge in [0.25, 0.3) is 0 Å². The molecule has 0 atom stereocenters. The van der Waals surface area contributed by atoms with Gasteiger partial charge >= 0.3 is 0 Å². The third-order valence-electron chi connectivity index (χ3n) is 1.96. The summed E-state index contributed by atoms with van der Waals surface area (Å²) in [6.45, 7) is 1.07. The van der Waals surface area contributed by atoms with E-state index in [9.17, 15) is 5.11 Å². The van der Waals surface area contributed by atoms with Crippen LogP contribution >= 0.6 is 0 Å². The molecule has 15 heavy (non-hydrogen) atoms. The molecule has 1 aromatic carbocycles. The molecule has 5 nitrogen and oxygen atoms in total. The van der Waals surface area contributed by atoms with Crippen LogP contribution in [0, 0.1) is 0 Å². The van der Waals surface area contributed by atoms with Crippen molar-refractivity contribution in [3.05, 3.63) is 12.1 Å². The van der Waals surface area contributed by atoms with E-state index in [1.165, 1.54) is 13.2 Å². The monoisotopic (exact) mass is 212 g/mol. The number of phenolic OH excluding ortho intramolecular Hbond substituents is 1. The summed E-state index contributed by atoms with van der Waals surface area (Å²) in [5, 5.41) is 9.58. The zero-order valence-corrected chi connectivity index (χ0v) is 8.36. The van der Waals surface area contributed by atoms with Crippen LogP contribution in [0.5, 0.6) is 23.0 Å². The van der Waals surface area contributed by atoms with E-state index in [1.54, 1.807) is 6.07 Å². The minimum atomic E-state index is 0.0105. The number of methoxy groups -OCH3 is 1. The number of benzene rings is 1. The van der Waals surface area contributed by atoms with Crippen LogP contribution < -0.4 is 14.2 Å². The molecule has 1 N–H and O–H groups in total. The number of hydrogen-bond donors (Lipinski definition) is 1. The number of phenols is 1. The van der Waals surface area contributed by atoms with Crippen LogP contribution in [-0.4, -0.2) is 32.2 Å². The Hall–Kier alpha value is -1.62.